The Labute approximate surface area is 150 Å². The normalized spacial score (nSPS) is 16.5. The third-order valence-electron chi connectivity index (χ3n) is 3.73. The van der Waals surface area contributed by atoms with Crippen LogP contribution in [0.3, 0.4) is 0 Å². The molecule has 1 aliphatic rings. The number of hydrogen-bond donors (Lipinski definition) is 1. The van der Waals surface area contributed by atoms with Gasteiger partial charge in [0.25, 0.3) is 0 Å². The molecule has 0 saturated carbocycles. The van der Waals surface area contributed by atoms with Gasteiger partial charge < -0.3 is 10.1 Å². The summed E-state index contributed by atoms with van der Waals surface area (Å²) in [5.41, 5.74) is 3.47. The molecule has 3 rings (SSSR count). The maximum absolute atomic E-state index is 11.7. The molecule has 0 saturated heterocycles. The second-order valence-corrected chi connectivity index (χ2v) is 6.19. The van der Waals surface area contributed by atoms with Crippen molar-refractivity contribution < 1.29 is 9.53 Å². The van der Waals surface area contributed by atoms with E-state index in [-0.39, 0.29) is 12.4 Å². The number of benzodiazepines with no additional fused rings is 1. The number of halogens is 1. The fraction of sp³-hybridized carbons (Fsp3) is 0.167. The van der Waals surface area contributed by atoms with Crippen molar-refractivity contribution >= 4 is 46.2 Å². The van der Waals surface area contributed by atoms with E-state index < -0.39 is 6.04 Å². The lowest BCUT2D eigenvalue weighted by Crippen LogP contribution is -2.26. The van der Waals surface area contributed by atoms with Crippen LogP contribution in [0.5, 0.6) is 0 Å². The maximum atomic E-state index is 11.7. The summed E-state index contributed by atoms with van der Waals surface area (Å²) >= 11 is 11.4. The average Bonchev–Trinajstić information content (AvgIpc) is 2.72. The molecule has 6 heteroatoms. The van der Waals surface area contributed by atoms with Gasteiger partial charge in [0.15, 0.2) is 0 Å². The van der Waals surface area contributed by atoms with Gasteiger partial charge in [-0.1, -0.05) is 54.2 Å². The molecule has 2 aromatic carbocycles. The predicted octanol–water partition coefficient (Wildman–Crippen LogP) is 3.86. The average molecular weight is 359 g/mol. The van der Waals surface area contributed by atoms with E-state index in [1.54, 1.807) is 0 Å². The molecule has 122 valence electrons. The number of thiocarbonyl (C=S) groups is 1. The van der Waals surface area contributed by atoms with Crippen molar-refractivity contribution in [2.45, 2.75) is 12.5 Å². The summed E-state index contributed by atoms with van der Waals surface area (Å²) in [6.45, 7) is 0. The van der Waals surface area contributed by atoms with Gasteiger partial charge in [-0.15, -0.1) is 0 Å². The third kappa shape index (κ3) is 3.47. The van der Waals surface area contributed by atoms with Gasteiger partial charge in [0, 0.05) is 21.8 Å². The minimum absolute atomic E-state index is 0.0907. The van der Waals surface area contributed by atoms with Crippen LogP contribution in [0.2, 0.25) is 5.02 Å². The van der Waals surface area contributed by atoms with Gasteiger partial charge in [-0.2, -0.15) is 0 Å². The van der Waals surface area contributed by atoms with Crippen LogP contribution in [0.25, 0.3) is 0 Å². The number of aliphatic imine (C=N–C) groups is 1. The Morgan fingerprint density at radius 1 is 1.25 bits per heavy atom. The summed E-state index contributed by atoms with van der Waals surface area (Å²) < 4.78 is 4.76. The highest BCUT2D eigenvalue weighted by Gasteiger charge is 2.25. The quantitative estimate of drug-likeness (QED) is 0.668. The van der Waals surface area contributed by atoms with Gasteiger partial charge in [-0.3, -0.25) is 9.79 Å². The van der Waals surface area contributed by atoms with Crippen LogP contribution in [0.1, 0.15) is 17.5 Å². The van der Waals surface area contributed by atoms with Crippen molar-refractivity contribution in [2.75, 3.05) is 12.4 Å². The molecule has 0 spiro atoms. The Kier molecular flexibility index (Phi) is 4.92. The zero-order valence-electron chi connectivity index (χ0n) is 13.0. The second-order valence-electron chi connectivity index (χ2n) is 5.32. The van der Waals surface area contributed by atoms with E-state index in [9.17, 15) is 4.79 Å². The molecule has 24 heavy (non-hydrogen) atoms. The molecule has 0 radical (unpaired) electrons. The third-order valence-corrected chi connectivity index (χ3v) is 4.36. The lowest BCUT2D eigenvalue weighted by atomic mass is 10.0. The van der Waals surface area contributed by atoms with Gasteiger partial charge in [-0.05, 0) is 18.2 Å². The number of benzene rings is 2. The number of methoxy groups -OCH3 is 1. The van der Waals surface area contributed by atoms with E-state index >= 15 is 0 Å². The standard InChI is InChI=1S/C18H15ClN2O2S/c1-23-16(22)10-15-18(24)21-14-5-3-2-4-13(14)17(20-15)11-6-8-12(19)9-7-11/h2-9,15H,10H2,1H3,(H,21,24)/t15-/m0/s1. The van der Waals surface area contributed by atoms with E-state index in [0.29, 0.717) is 10.0 Å². The Morgan fingerprint density at radius 3 is 2.67 bits per heavy atom. The minimum Gasteiger partial charge on any atom is -0.469 e. The Hall–Kier alpha value is -2.24. The zero-order chi connectivity index (χ0) is 17.1. The molecular weight excluding hydrogens is 344 g/mol. The number of hydrogen-bond acceptors (Lipinski definition) is 4. The van der Waals surface area contributed by atoms with Gasteiger partial charge in [0.2, 0.25) is 0 Å². The summed E-state index contributed by atoms with van der Waals surface area (Å²) in [6, 6.07) is 14.7. The van der Waals surface area contributed by atoms with Crippen molar-refractivity contribution in [3.63, 3.8) is 0 Å². The number of ether oxygens (including phenoxy) is 1. The van der Waals surface area contributed by atoms with Crippen LogP contribution >= 0.6 is 23.8 Å². The number of fused-ring (bicyclic) bond motifs is 1. The topological polar surface area (TPSA) is 50.7 Å². The van der Waals surface area contributed by atoms with Gasteiger partial charge in [0.05, 0.1) is 19.2 Å². The van der Waals surface area contributed by atoms with Crippen molar-refractivity contribution in [1.82, 2.24) is 0 Å². The number of nitrogens with one attached hydrogen (secondary N) is 1. The van der Waals surface area contributed by atoms with Crippen LogP contribution < -0.4 is 5.32 Å². The first kappa shape index (κ1) is 16.6. The van der Waals surface area contributed by atoms with Crippen LogP contribution in [-0.4, -0.2) is 29.8 Å². The lowest BCUT2D eigenvalue weighted by molar-refractivity contribution is -0.140. The monoisotopic (exact) mass is 358 g/mol. The number of rotatable bonds is 3. The van der Waals surface area contributed by atoms with Crippen LogP contribution in [0, 0.1) is 0 Å². The van der Waals surface area contributed by atoms with Crippen LogP contribution in [0.4, 0.5) is 5.69 Å². The van der Waals surface area contributed by atoms with Gasteiger partial charge in [0.1, 0.15) is 11.0 Å². The van der Waals surface area contributed by atoms with Crippen molar-refractivity contribution in [2.24, 2.45) is 4.99 Å². The summed E-state index contributed by atoms with van der Waals surface area (Å²) in [5, 5.41) is 3.85. The molecule has 1 atom stereocenters. The Balaban J connectivity index is 2.11. The first-order valence-corrected chi connectivity index (χ1v) is 8.18. The largest absolute Gasteiger partial charge is 0.469 e. The molecule has 1 aliphatic heterocycles. The van der Waals surface area contributed by atoms with Gasteiger partial charge >= 0.3 is 5.97 Å². The number of carbonyl (C=O) groups is 1. The number of anilines is 1. The Morgan fingerprint density at radius 2 is 1.96 bits per heavy atom. The molecule has 1 N–H and O–H groups in total. The first-order valence-electron chi connectivity index (χ1n) is 7.39. The molecule has 0 unspecified atom stereocenters. The zero-order valence-corrected chi connectivity index (χ0v) is 14.5. The molecule has 0 fully saturated rings. The van der Waals surface area contributed by atoms with Crippen LogP contribution in [-0.2, 0) is 9.53 Å². The molecule has 0 aliphatic carbocycles. The second kappa shape index (κ2) is 7.11. The molecule has 0 aromatic heterocycles. The predicted molar refractivity (Wildman–Crippen MR) is 100 cm³/mol. The smallest absolute Gasteiger partial charge is 0.308 e. The van der Waals surface area contributed by atoms with Crippen LogP contribution in [0.15, 0.2) is 53.5 Å². The van der Waals surface area contributed by atoms with E-state index in [4.69, 9.17) is 33.5 Å². The number of esters is 1. The summed E-state index contributed by atoms with van der Waals surface area (Å²) in [5.74, 6) is -0.352. The fourth-order valence-corrected chi connectivity index (χ4v) is 2.89. The SMILES string of the molecule is COC(=O)C[C@@H]1N=C(c2ccc(Cl)cc2)c2ccccc2NC1=S. The lowest BCUT2D eigenvalue weighted by Gasteiger charge is -2.12. The summed E-state index contributed by atoms with van der Waals surface area (Å²) in [6.07, 6.45) is 0.0907. The molecule has 0 bridgehead atoms. The van der Waals surface area contributed by atoms with E-state index in [0.717, 1.165) is 22.5 Å². The first-order chi connectivity index (χ1) is 11.6. The fourth-order valence-electron chi connectivity index (χ4n) is 2.52. The van der Waals surface area contributed by atoms with E-state index in [1.165, 1.54) is 7.11 Å². The van der Waals surface area contributed by atoms with Crippen molar-refractivity contribution in [3.8, 4) is 0 Å². The molecule has 1 heterocycles. The molecule has 4 nitrogen and oxygen atoms in total. The van der Waals surface area contributed by atoms with Crippen molar-refractivity contribution in [1.29, 1.82) is 0 Å². The molecular formula is C18H15ClN2O2S. The highest BCUT2D eigenvalue weighted by molar-refractivity contribution is 7.80. The molecule has 0 amide bonds. The summed E-state index contributed by atoms with van der Waals surface area (Å²) in [4.78, 5) is 17.0. The number of nitrogens with zero attached hydrogens (tertiary/aromatic N) is 1. The van der Waals surface area contributed by atoms with Gasteiger partial charge in [-0.25, -0.2) is 0 Å². The Bertz CT molecular complexity index is 818. The van der Waals surface area contributed by atoms with E-state index in [1.807, 2.05) is 48.5 Å². The van der Waals surface area contributed by atoms with E-state index in [2.05, 4.69) is 5.32 Å². The number of para-hydroxylation sites is 1. The highest BCUT2D eigenvalue weighted by atomic mass is 35.5. The molecule has 2 aromatic rings. The summed E-state index contributed by atoms with van der Waals surface area (Å²) in [7, 11) is 1.36. The van der Waals surface area contributed by atoms with Crippen molar-refractivity contribution in [3.05, 3.63) is 64.7 Å². The number of carbonyl (C=O) groups excluding carboxylic acids is 1. The maximum Gasteiger partial charge on any atom is 0.308 e. The minimum atomic E-state index is -0.481. The highest BCUT2D eigenvalue weighted by Crippen LogP contribution is 2.26.